The summed E-state index contributed by atoms with van der Waals surface area (Å²) in [6.07, 6.45) is 1.04. The van der Waals surface area contributed by atoms with Crippen molar-refractivity contribution in [3.8, 4) is 0 Å². The molecule has 0 bridgehead atoms. The maximum atomic E-state index is 13.5. The van der Waals surface area contributed by atoms with Gasteiger partial charge in [-0.2, -0.15) is 0 Å². The zero-order valence-electron chi connectivity index (χ0n) is 11.3. The molecule has 114 valence electrons. The van der Waals surface area contributed by atoms with Gasteiger partial charge in [-0.3, -0.25) is 0 Å². The molecule has 0 amide bonds. The van der Waals surface area contributed by atoms with Crippen molar-refractivity contribution < 1.29 is 22.3 Å². The van der Waals surface area contributed by atoms with Crippen molar-refractivity contribution in [1.29, 1.82) is 0 Å². The summed E-state index contributed by atoms with van der Waals surface area (Å²) >= 11 is 0. The lowest BCUT2D eigenvalue weighted by molar-refractivity contribution is 0.0554. The topological polar surface area (TPSA) is 92.4 Å². The van der Waals surface area contributed by atoms with Crippen LogP contribution in [-0.4, -0.2) is 25.7 Å². The van der Waals surface area contributed by atoms with E-state index in [-0.39, 0.29) is 6.54 Å². The normalized spacial score (nSPS) is 15.1. The highest BCUT2D eigenvalue weighted by atomic mass is 32.2. The molecule has 1 rings (SSSR count). The summed E-state index contributed by atoms with van der Waals surface area (Å²) in [6, 6.07) is 1.12. The van der Waals surface area contributed by atoms with E-state index in [9.17, 15) is 22.3 Å². The van der Waals surface area contributed by atoms with E-state index in [0.29, 0.717) is 25.0 Å². The van der Waals surface area contributed by atoms with Crippen LogP contribution in [0.5, 0.6) is 0 Å². The molecule has 0 radical (unpaired) electrons. The van der Waals surface area contributed by atoms with Crippen molar-refractivity contribution in [1.82, 2.24) is 4.72 Å². The summed E-state index contributed by atoms with van der Waals surface area (Å²) in [5.41, 5.74) is 3.52. The van der Waals surface area contributed by atoms with Crippen molar-refractivity contribution >= 4 is 15.7 Å². The molecule has 1 unspecified atom stereocenters. The Morgan fingerprint density at radius 1 is 1.35 bits per heavy atom. The molecule has 0 aromatic heterocycles. The van der Waals surface area contributed by atoms with Crippen LogP contribution >= 0.6 is 0 Å². The fourth-order valence-electron chi connectivity index (χ4n) is 1.71. The van der Waals surface area contributed by atoms with Crippen LogP contribution in [0.25, 0.3) is 0 Å². The van der Waals surface area contributed by atoms with E-state index < -0.39 is 37.8 Å². The van der Waals surface area contributed by atoms with Gasteiger partial charge in [0.2, 0.25) is 10.0 Å². The Labute approximate surface area is 116 Å². The second kappa shape index (κ2) is 6.02. The molecule has 1 aromatic rings. The van der Waals surface area contributed by atoms with Gasteiger partial charge in [0.25, 0.3) is 0 Å². The van der Waals surface area contributed by atoms with Gasteiger partial charge in [0.1, 0.15) is 16.5 Å². The van der Waals surface area contributed by atoms with Crippen LogP contribution in [-0.2, 0) is 10.0 Å². The molecule has 8 heteroatoms. The predicted molar refractivity (Wildman–Crippen MR) is 71.5 cm³/mol. The minimum atomic E-state index is -4.21. The van der Waals surface area contributed by atoms with Gasteiger partial charge in [-0.15, -0.1) is 0 Å². The number of sulfonamides is 1. The summed E-state index contributed by atoms with van der Waals surface area (Å²) in [7, 11) is -4.21. The molecule has 0 saturated carbocycles. The Balaban J connectivity index is 2.98. The lowest BCUT2D eigenvalue weighted by Crippen LogP contribution is -2.40. The third kappa shape index (κ3) is 4.12. The Hall–Kier alpha value is -1.25. The average Bonchev–Trinajstić information content (AvgIpc) is 2.31. The molecule has 5 nitrogen and oxygen atoms in total. The summed E-state index contributed by atoms with van der Waals surface area (Å²) in [5, 5.41) is 9.89. The van der Waals surface area contributed by atoms with E-state index in [1.165, 1.54) is 6.92 Å². The van der Waals surface area contributed by atoms with Gasteiger partial charge in [0, 0.05) is 12.6 Å². The Kier molecular flexibility index (Phi) is 5.06. The zero-order valence-corrected chi connectivity index (χ0v) is 12.1. The fourth-order valence-corrected chi connectivity index (χ4v) is 2.96. The number of benzene rings is 1. The van der Waals surface area contributed by atoms with Crippen molar-refractivity contribution in [2.45, 2.75) is 37.2 Å². The quantitative estimate of drug-likeness (QED) is 0.692. The lowest BCUT2D eigenvalue weighted by atomic mass is 10.0. The predicted octanol–water partition coefficient (Wildman–Crippen LogP) is 1.38. The van der Waals surface area contributed by atoms with Crippen LogP contribution in [0.15, 0.2) is 17.0 Å². The van der Waals surface area contributed by atoms with Crippen LogP contribution in [0, 0.1) is 11.6 Å². The Morgan fingerprint density at radius 3 is 2.50 bits per heavy atom. The zero-order chi connectivity index (χ0) is 15.6. The van der Waals surface area contributed by atoms with Gasteiger partial charge in [-0.25, -0.2) is 21.9 Å². The fraction of sp³-hybridized carbons (Fsp3) is 0.500. The van der Waals surface area contributed by atoms with E-state index in [1.54, 1.807) is 0 Å². The van der Waals surface area contributed by atoms with Crippen molar-refractivity contribution in [3.05, 3.63) is 23.8 Å². The SMILES string of the molecule is CCCC(C)(O)CNS(=O)(=O)c1cc(N)c(F)cc1F. The number of nitrogen functional groups attached to an aromatic ring is 1. The molecule has 1 aromatic carbocycles. The van der Waals surface area contributed by atoms with Gasteiger partial charge < -0.3 is 10.8 Å². The van der Waals surface area contributed by atoms with Crippen LogP contribution in [0.1, 0.15) is 26.7 Å². The van der Waals surface area contributed by atoms with E-state index in [0.717, 1.165) is 0 Å². The number of anilines is 1. The highest BCUT2D eigenvalue weighted by Crippen LogP contribution is 2.21. The molecule has 0 aliphatic rings. The van der Waals surface area contributed by atoms with Gasteiger partial charge in [0.15, 0.2) is 0 Å². The molecular weight excluding hydrogens is 290 g/mol. The maximum Gasteiger partial charge on any atom is 0.243 e. The minimum absolute atomic E-state index is 0.278. The second-order valence-electron chi connectivity index (χ2n) is 4.88. The third-order valence-electron chi connectivity index (χ3n) is 2.77. The highest BCUT2D eigenvalue weighted by Gasteiger charge is 2.26. The monoisotopic (exact) mass is 308 g/mol. The number of aliphatic hydroxyl groups is 1. The van der Waals surface area contributed by atoms with Crippen LogP contribution in [0.4, 0.5) is 14.5 Å². The average molecular weight is 308 g/mol. The van der Waals surface area contributed by atoms with Gasteiger partial charge in [-0.05, 0) is 19.4 Å². The minimum Gasteiger partial charge on any atom is -0.396 e. The molecule has 0 aliphatic carbocycles. The molecule has 1 atom stereocenters. The number of hydrogen-bond acceptors (Lipinski definition) is 4. The van der Waals surface area contributed by atoms with Crippen molar-refractivity contribution in [2.24, 2.45) is 0 Å². The van der Waals surface area contributed by atoms with Crippen LogP contribution in [0.3, 0.4) is 0 Å². The molecule has 0 saturated heterocycles. The first-order valence-electron chi connectivity index (χ1n) is 6.05. The van der Waals surface area contributed by atoms with Crippen molar-refractivity contribution in [3.63, 3.8) is 0 Å². The summed E-state index contributed by atoms with van der Waals surface area (Å²) in [4.78, 5) is -0.747. The van der Waals surface area contributed by atoms with Gasteiger partial charge >= 0.3 is 0 Å². The lowest BCUT2D eigenvalue weighted by Gasteiger charge is -2.23. The van der Waals surface area contributed by atoms with Gasteiger partial charge in [0.05, 0.1) is 11.3 Å². The summed E-state index contributed by atoms with van der Waals surface area (Å²) in [6.45, 7) is 3.03. The largest absolute Gasteiger partial charge is 0.396 e. The third-order valence-corrected chi connectivity index (χ3v) is 4.19. The standard InChI is InChI=1S/C12H18F2N2O3S/c1-3-4-12(2,17)7-16-20(18,19)11-6-10(15)8(13)5-9(11)14/h5-6,16-17H,3-4,7,15H2,1-2H3. The first-order valence-corrected chi connectivity index (χ1v) is 7.54. The Bertz CT molecular complexity index is 589. The molecule has 0 heterocycles. The number of nitrogens with two attached hydrogens (primary N) is 1. The number of nitrogens with one attached hydrogen (secondary N) is 1. The van der Waals surface area contributed by atoms with E-state index in [2.05, 4.69) is 4.72 Å². The first-order chi connectivity index (χ1) is 9.09. The molecule has 0 spiro atoms. The molecule has 20 heavy (non-hydrogen) atoms. The van der Waals surface area contributed by atoms with Gasteiger partial charge in [-0.1, -0.05) is 13.3 Å². The number of hydrogen-bond donors (Lipinski definition) is 3. The van der Waals surface area contributed by atoms with E-state index in [1.807, 2.05) is 6.92 Å². The number of rotatable bonds is 6. The van der Waals surface area contributed by atoms with E-state index in [4.69, 9.17) is 5.73 Å². The van der Waals surface area contributed by atoms with E-state index >= 15 is 0 Å². The molecular formula is C12H18F2N2O3S. The molecule has 0 aliphatic heterocycles. The smallest absolute Gasteiger partial charge is 0.243 e. The Morgan fingerprint density at radius 2 is 1.95 bits per heavy atom. The first kappa shape index (κ1) is 16.8. The number of halogens is 2. The van der Waals surface area contributed by atoms with Crippen molar-refractivity contribution in [2.75, 3.05) is 12.3 Å². The molecule has 4 N–H and O–H groups in total. The summed E-state index contributed by atoms with van der Waals surface area (Å²) < 4.78 is 52.5. The second-order valence-corrected chi connectivity index (χ2v) is 6.61. The highest BCUT2D eigenvalue weighted by molar-refractivity contribution is 7.89. The van der Waals surface area contributed by atoms with Crippen LogP contribution in [0.2, 0.25) is 0 Å². The van der Waals surface area contributed by atoms with Crippen LogP contribution < -0.4 is 10.5 Å². The molecule has 0 fully saturated rings. The maximum absolute atomic E-state index is 13.5. The summed E-state index contributed by atoms with van der Waals surface area (Å²) in [5.74, 6) is -2.27.